The van der Waals surface area contributed by atoms with Crippen LogP contribution in [-0.2, 0) is 19.1 Å². The Bertz CT molecular complexity index is 773. The maximum absolute atomic E-state index is 12.6. The molecule has 1 aromatic heterocycles. The Balaban J connectivity index is 1.66. The molecule has 0 amide bonds. The third-order valence-electron chi connectivity index (χ3n) is 4.89. The molecule has 27 heavy (non-hydrogen) atoms. The van der Waals surface area contributed by atoms with Gasteiger partial charge in [-0.3, -0.25) is 9.59 Å². The van der Waals surface area contributed by atoms with Gasteiger partial charge in [-0.15, -0.1) is 0 Å². The van der Waals surface area contributed by atoms with E-state index in [1.165, 1.54) is 11.8 Å². The summed E-state index contributed by atoms with van der Waals surface area (Å²) in [5, 5.41) is 0.784. The fraction of sp³-hybridized carbons (Fsp3) is 0.550. The molecule has 0 spiro atoms. The van der Waals surface area contributed by atoms with Gasteiger partial charge < -0.3 is 14.5 Å². The second-order valence-corrected chi connectivity index (χ2v) is 7.87. The first kappa shape index (κ1) is 19.7. The fourth-order valence-electron chi connectivity index (χ4n) is 3.46. The number of hydrogen-bond donors (Lipinski definition) is 1. The molecule has 0 bridgehead atoms. The van der Waals surface area contributed by atoms with Crippen molar-refractivity contribution in [3.63, 3.8) is 0 Å². The number of cyclic esters (lactones) is 1. The highest BCUT2D eigenvalue weighted by Gasteiger charge is 2.55. The summed E-state index contributed by atoms with van der Waals surface area (Å²) in [5.74, 6) is -0.324. The van der Waals surface area contributed by atoms with Gasteiger partial charge in [0.05, 0.1) is 17.6 Å². The lowest BCUT2D eigenvalue weighted by Gasteiger charge is -2.22. The Labute approximate surface area is 163 Å². The lowest BCUT2D eigenvalue weighted by atomic mass is 9.80. The first-order valence-electron chi connectivity index (χ1n) is 9.55. The molecule has 7 heteroatoms. The predicted molar refractivity (Wildman–Crippen MR) is 105 cm³/mol. The average Bonchev–Trinajstić information content (AvgIpc) is 3.22. The van der Waals surface area contributed by atoms with Crippen LogP contribution in [-0.4, -0.2) is 40.4 Å². The van der Waals surface area contributed by atoms with Crippen LogP contribution in [0.5, 0.6) is 0 Å². The number of esters is 2. The Morgan fingerprint density at radius 3 is 2.93 bits per heavy atom. The zero-order valence-corrected chi connectivity index (χ0v) is 16.6. The smallest absolute Gasteiger partial charge is 0.323 e. The number of fused-ring (bicyclic) bond motifs is 1. The van der Waals surface area contributed by atoms with E-state index >= 15 is 0 Å². The van der Waals surface area contributed by atoms with Gasteiger partial charge in [0.15, 0.2) is 10.6 Å². The molecule has 2 heterocycles. The second-order valence-electron chi connectivity index (χ2n) is 6.86. The van der Waals surface area contributed by atoms with E-state index < -0.39 is 17.4 Å². The molecule has 1 saturated heterocycles. The number of rotatable bonds is 9. The Hall–Kier alpha value is -2.02. The molecule has 6 nitrogen and oxygen atoms in total. The first-order chi connectivity index (χ1) is 13.1. The highest BCUT2D eigenvalue weighted by molar-refractivity contribution is 7.99. The van der Waals surface area contributed by atoms with Gasteiger partial charge in [0, 0.05) is 12.2 Å². The van der Waals surface area contributed by atoms with E-state index in [1.807, 2.05) is 24.3 Å². The van der Waals surface area contributed by atoms with E-state index in [0.717, 1.165) is 35.5 Å². The number of imidazole rings is 1. The van der Waals surface area contributed by atoms with Crippen molar-refractivity contribution in [3.05, 3.63) is 24.3 Å². The Kier molecular flexibility index (Phi) is 6.42. The summed E-state index contributed by atoms with van der Waals surface area (Å²) in [4.78, 5) is 33.0. The van der Waals surface area contributed by atoms with E-state index in [1.54, 1.807) is 6.92 Å². The van der Waals surface area contributed by atoms with Gasteiger partial charge in [0.1, 0.15) is 6.10 Å². The molecular weight excluding hydrogens is 364 g/mol. The zero-order chi connectivity index (χ0) is 19.3. The van der Waals surface area contributed by atoms with Gasteiger partial charge in [0.25, 0.3) is 0 Å². The number of aromatic nitrogens is 2. The highest BCUT2D eigenvalue weighted by atomic mass is 32.2. The van der Waals surface area contributed by atoms with Gasteiger partial charge in [0.2, 0.25) is 0 Å². The van der Waals surface area contributed by atoms with Crippen LogP contribution in [0.15, 0.2) is 29.4 Å². The number of para-hydroxylation sites is 2. The minimum atomic E-state index is -1.15. The molecule has 3 rings (SSSR count). The van der Waals surface area contributed by atoms with Crippen molar-refractivity contribution in [1.82, 2.24) is 9.97 Å². The van der Waals surface area contributed by atoms with Crippen molar-refractivity contribution < 1.29 is 19.1 Å². The molecule has 0 aliphatic carbocycles. The second kappa shape index (κ2) is 8.78. The zero-order valence-electron chi connectivity index (χ0n) is 15.8. The summed E-state index contributed by atoms with van der Waals surface area (Å²) >= 11 is 1.50. The quantitative estimate of drug-likeness (QED) is 0.300. The number of H-pyrrole nitrogens is 1. The monoisotopic (exact) mass is 390 g/mol. The number of nitrogens with one attached hydrogen (secondary N) is 1. The summed E-state index contributed by atoms with van der Waals surface area (Å²) in [7, 11) is 0. The van der Waals surface area contributed by atoms with Crippen molar-refractivity contribution in [1.29, 1.82) is 0 Å². The minimum absolute atomic E-state index is 0.264. The largest absolute Gasteiger partial charge is 0.465 e. The van der Waals surface area contributed by atoms with Crippen molar-refractivity contribution in [2.45, 2.75) is 57.2 Å². The summed E-state index contributed by atoms with van der Waals surface area (Å²) in [6.45, 7) is 4.11. The van der Waals surface area contributed by atoms with Crippen LogP contribution in [0.25, 0.3) is 11.0 Å². The van der Waals surface area contributed by atoms with Crippen molar-refractivity contribution in [3.8, 4) is 0 Å². The van der Waals surface area contributed by atoms with Crippen LogP contribution in [0.1, 0.15) is 46.0 Å². The van der Waals surface area contributed by atoms with E-state index in [2.05, 4.69) is 16.9 Å². The molecule has 1 fully saturated rings. The number of aromatic amines is 1. The standard InChI is InChI=1S/C20H26N2O4S/c1-3-5-8-11-20(17(23)25-4-2)12-14(26-18(20)24)13-27-19-21-15-9-6-7-10-16(15)22-19/h6-7,9-10,14H,3-5,8,11-13H2,1-2H3,(H,21,22). The Morgan fingerprint density at radius 1 is 1.37 bits per heavy atom. The molecular formula is C20H26N2O4S. The first-order valence-corrected chi connectivity index (χ1v) is 10.5. The number of benzene rings is 1. The molecule has 2 aromatic rings. The average molecular weight is 391 g/mol. The molecule has 2 unspecified atom stereocenters. The lowest BCUT2D eigenvalue weighted by molar-refractivity contribution is -0.165. The van der Waals surface area contributed by atoms with Crippen LogP contribution in [0, 0.1) is 5.41 Å². The molecule has 2 atom stereocenters. The van der Waals surface area contributed by atoms with E-state index in [-0.39, 0.29) is 12.7 Å². The maximum atomic E-state index is 12.6. The maximum Gasteiger partial charge on any atom is 0.323 e. The fourth-order valence-corrected chi connectivity index (χ4v) is 4.33. The van der Waals surface area contributed by atoms with E-state index in [0.29, 0.717) is 18.6 Å². The van der Waals surface area contributed by atoms with Gasteiger partial charge in [-0.25, -0.2) is 4.98 Å². The van der Waals surface area contributed by atoms with Gasteiger partial charge in [-0.1, -0.05) is 50.1 Å². The van der Waals surface area contributed by atoms with Crippen molar-refractivity contribution in [2.75, 3.05) is 12.4 Å². The van der Waals surface area contributed by atoms with E-state index in [4.69, 9.17) is 9.47 Å². The Morgan fingerprint density at radius 2 is 2.19 bits per heavy atom. The third-order valence-corrected chi connectivity index (χ3v) is 5.89. The van der Waals surface area contributed by atoms with Crippen molar-refractivity contribution in [2.24, 2.45) is 5.41 Å². The topological polar surface area (TPSA) is 81.3 Å². The number of thioether (sulfide) groups is 1. The van der Waals surface area contributed by atoms with Crippen molar-refractivity contribution >= 4 is 34.7 Å². The van der Waals surface area contributed by atoms with Crippen LogP contribution in [0.4, 0.5) is 0 Å². The number of hydrogen-bond acceptors (Lipinski definition) is 6. The number of carbonyl (C=O) groups excluding carboxylic acids is 2. The molecule has 1 N–H and O–H groups in total. The molecule has 1 aromatic carbocycles. The summed E-state index contributed by atoms with van der Waals surface area (Å²) < 4.78 is 10.8. The van der Waals surface area contributed by atoms with Gasteiger partial charge >= 0.3 is 11.9 Å². The summed E-state index contributed by atoms with van der Waals surface area (Å²) in [6.07, 6.45) is 3.37. The number of unbranched alkanes of at least 4 members (excludes halogenated alkanes) is 2. The predicted octanol–water partition coefficient (Wildman–Crippen LogP) is 4.10. The molecule has 0 radical (unpaired) electrons. The van der Waals surface area contributed by atoms with E-state index in [9.17, 15) is 9.59 Å². The molecule has 1 aliphatic rings. The lowest BCUT2D eigenvalue weighted by Crippen LogP contribution is -2.37. The SMILES string of the molecule is CCCCCC1(C(=O)OCC)CC(CSc2nc3ccccc3[nH]2)OC1=O. The van der Waals surface area contributed by atoms with Gasteiger partial charge in [-0.2, -0.15) is 0 Å². The van der Waals surface area contributed by atoms with Gasteiger partial charge in [-0.05, 0) is 25.5 Å². The number of carbonyl (C=O) groups is 2. The van der Waals surface area contributed by atoms with Crippen LogP contribution in [0.3, 0.4) is 0 Å². The minimum Gasteiger partial charge on any atom is -0.465 e. The number of nitrogens with zero attached hydrogens (tertiary/aromatic N) is 1. The van der Waals surface area contributed by atoms with Crippen LogP contribution >= 0.6 is 11.8 Å². The molecule has 0 saturated carbocycles. The molecule has 1 aliphatic heterocycles. The van der Waals surface area contributed by atoms with Crippen LogP contribution in [0.2, 0.25) is 0 Å². The normalized spacial score (nSPS) is 22.1. The summed E-state index contributed by atoms with van der Waals surface area (Å²) in [5.41, 5.74) is 0.734. The number of ether oxygens (including phenoxy) is 2. The molecule has 146 valence electrons. The summed E-state index contributed by atoms with van der Waals surface area (Å²) in [6, 6.07) is 7.82. The highest BCUT2D eigenvalue weighted by Crippen LogP contribution is 2.41. The van der Waals surface area contributed by atoms with Crippen LogP contribution < -0.4 is 0 Å². The third kappa shape index (κ3) is 4.29.